The van der Waals surface area contributed by atoms with Crippen molar-refractivity contribution in [1.29, 1.82) is 0 Å². The van der Waals surface area contributed by atoms with E-state index in [9.17, 15) is 14.4 Å². The first kappa shape index (κ1) is 21.8. The summed E-state index contributed by atoms with van der Waals surface area (Å²) >= 11 is 6.26. The molecular formula is C29H22ClNO4. The van der Waals surface area contributed by atoms with Crippen molar-refractivity contribution < 1.29 is 19.1 Å². The Morgan fingerprint density at radius 1 is 0.971 bits per heavy atom. The lowest BCUT2D eigenvalue weighted by Crippen LogP contribution is -2.48. The van der Waals surface area contributed by atoms with Gasteiger partial charge in [-0.25, -0.2) is 0 Å². The van der Waals surface area contributed by atoms with Crippen molar-refractivity contribution in [2.24, 2.45) is 5.41 Å². The molecule has 0 saturated carbocycles. The van der Waals surface area contributed by atoms with Crippen LogP contribution in [-0.2, 0) is 4.79 Å². The standard InChI is InChI=1S/C29H22ClNO4/c1-16(32)26-25(18-6-5-7-20(15-18)35-2)29(27(33)21-8-3-4-9-22(21)28(29)34)24-13-10-17-14-19(30)11-12-23(17)31(24)26/h3-15,24-26H,1-2H3/t24-,25-,26-/m1/s1. The highest BCUT2D eigenvalue weighted by atomic mass is 35.5. The van der Waals surface area contributed by atoms with Crippen LogP contribution >= 0.6 is 11.6 Å². The normalized spacial score (nSPS) is 23.3. The predicted molar refractivity (Wildman–Crippen MR) is 134 cm³/mol. The fourth-order valence-electron chi connectivity index (χ4n) is 6.31. The third kappa shape index (κ3) is 2.79. The maximum Gasteiger partial charge on any atom is 0.180 e. The van der Waals surface area contributed by atoms with E-state index in [0.29, 0.717) is 21.9 Å². The molecule has 2 aliphatic heterocycles. The molecule has 1 saturated heterocycles. The van der Waals surface area contributed by atoms with E-state index in [1.54, 1.807) is 37.4 Å². The Bertz CT molecular complexity index is 1420. The third-order valence-electron chi connectivity index (χ3n) is 7.64. The van der Waals surface area contributed by atoms with Crippen molar-refractivity contribution in [3.63, 3.8) is 0 Å². The molecule has 5 nitrogen and oxygen atoms in total. The lowest BCUT2D eigenvalue weighted by molar-refractivity contribution is -0.118. The van der Waals surface area contributed by atoms with E-state index in [4.69, 9.17) is 16.3 Å². The molecule has 6 rings (SSSR count). The highest BCUT2D eigenvalue weighted by molar-refractivity contribution is 6.32. The number of carbonyl (C=O) groups is 3. The van der Waals surface area contributed by atoms with Gasteiger partial charge in [0.05, 0.1) is 19.2 Å². The van der Waals surface area contributed by atoms with Gasteiger partial charge in [0.15, 0.2) is 17.3 Å². The second-order valence-corrected chi connectivity index (χ2v) is 9.73. The quantitative estimate of drug-likeness (QED) is 0.468. The van der Waals surface area contributed by atoms with Crippen LogP contribution in [0, 0.1) is 5.41 Å². The third-order valence-corrected chi connectivity index (χ3v) is 7.87. The Kier molecular flexibility index (Phi) is 4.77. The Balaban J connectivity index is 1.68. The lowest BCUT2D eigenvalue weighted by Gasteiger charge is -2.37. The molecule has 0 unspecified atom stereocenters. The van der Waals surface area contributed by atoms with Crippen LogP contribution in [0.2, 0.25) is 5.02 Å². The van der Waals surface area contributed by atoms with Crippen LogP contribution in [0.15, 0.2) is 72.8 Å². The zero-order chi connectivity index (χ0) is 24.5. The minimum Gasteiger partial charge on any atom is -0.497 e. The van der Waals surface area contributed by atoms with Gasteiger partial charge in [-0.05, 0) is 48.4 Å². The molecule has 3 atom stereocenters. The molecule has 1 aliphatic carbocycles. The molecule has 1 spiro atoms. The number of benzene rings is 3. The first-order valence-electron chi connectivity index (χ1n) is 11.5. The second kappa shape index (κ2) is 7.65. The maximum atomic E-state index is 14.3. The first-order chi connectivity index (χ1) is 16.9. The fraction of sp³-hybridized carbons (Fsp3) is 0.207. The van der Waals surface area contributed by atoms with Crippen LogP contribution < -0.4 is 9.64 Å². The molecule has 0 N–H and O–H groups in total. The van der Waals surface area contributed by atoms with E-state index in [1.807, 2.05) is 53.5 Å². The summed E-state index contributed by atoms with van der Waals surface area (Å²) in [7, 11) is 1.57. The van der Waals surface area contributed by atoms with E-state index in [0.717, 1.165) is 16.8 Å². The summed E-state index contributed by atoms with van der Waals surface area (Å²) in [5, 5.41) is 0.574. The van der Waals surface area contributed by atoms with E-state index in [-0.39, 0.29) is 17.3 Å². The van der Waals surface area contributed by atoms with Gasteiger partial charge in [-0.2, -0.15) is 0 Å². The van der Waals surface area contributed by atoms with Crippen LogP contribution in [0.1, 0.15) is 44.7 Å². The number of fused-ring (bicyclic) bond motifs is 5. The van der Waals surface area contributed by atoms with Crippen molar-refractivity contribution in [3.8, 4) is 5.75 Å². The Labute approximate surface area is 208 Å². The number of ether oxygens (including phenoxy) is 1. The van der Waals surface area contributed by atoms with E-state index in [1.165, 1.54) is 6.92 Å². The minimum absolute atomic E-state index is 0.118. The van der Waals surface area contributed by atoms with Gasteiger partial charge >= 0.3 is 0 Å². The number of halogens is 1. The molecule has 0 bridgehead atoms. The Morgan fingerprint density at radius 2 is 1.69 bits per heavy atom. The number of hydrogen-bond acceptors (Lipinski definition) is 5. The van der Waals surface area contributed by atoms with E-state index in [2.05, 4.69) is 0 Å². The average molecular weight is 484 g/mol. The van der Waals surface area contributed by atoms with Crippen LogP contribution in [0.25, 0.3) is 6.08 Å². The van der Waals surface area contributed by atoms with Crippen molar-refractivity contribution >= 4 is 40.7 Å². The summed E-state index contributed by atoms with van der Waals surface area (Å²) in [6.07, 6.45) is 3.79. The Hall–Kier alpha value is -3.70. The number of anilines is 1. The molecule has 1 fully saturated rings. The monoisotopic (exact) mass is 483 g/mol. The van der Waals surface area contributed by atoms with Crippen molar-refractivity contribution in [3.05, 3.63) is 100 Å². The molecular weight excluding hydrogens is 462 g/mol. The zero-order valence-electron chi connectivity index (χ0n) is 19.2. The summed E-state index contributed by atoms with van der Waals surface area (Å²) in [4.78, 5) is 44.0. The largest absolute Gasteiger partial charge is 0.497 e. The fourth-order valence-corrected chi connectivity index (χ4v) is 6.49. The molecule has 3 aliphatic rings. The number of hydrogen-bond donors (Lipinski definition) is 0. The number of nitrogens with zero attached hydrogens (tertiary/aromatic N) is 1. The minimum atomic E-state index is -1.49. The summed E-state index contributed by atoms with van der Waals surface area (Å²) < 4.78 is 5.47. The van der Waals surface area contributed by atoms with Crippen LogP contribution in [0.5, 0.6) is 5.75 Å². The van der Waals surface area contributed by atoms with Gasteiger partial charge in [0.1, 0.15) is 11.2 Å². The van der Waals surface area contributed by atoms with Crippen LogP contribution in [-0.4, -0.2) is 36.5 Å². The van der Waals surface area contributed by atoms with Crippen LogP contribution in [0.3, 0.4) is 0 Å². The molecule has 3 aromatic rings. The summed E-state index contributed by atoms with van der Waals surface area (Å²) in [5.74, 6) is -0.715. The summed E-state index contributed by atoms with van der Waals surface area (Å²) in [5.41, 5.74) is 1.67. The molecule has 174 valence electrons. The number of carbonyl (C=O) groups excluding carboxylic acids is 3. The molecule has 35 heavy (non-hydrogen) atoms. The van der Waals surface area contributed by atoms with Gasteiger partial charge in [-0.3, -0.25) is 14.4 Å². The highest BCUT2D eigenvalue weighted by Crippen LogP contribution is 2.60. The van der Waals surface area contributed by atoms with Crippen molar-refractivity contribution in [2.75, 3.05) is 12.0 Å². The van der Waals surface area contributed by atoms with Gasteiger partial charge in [-0.15, -0.1) is 0 Å². The van der Waals surface area contributed by atoms with Gasteiger partial charge < -0.3 is 9.64 Å². The van der Waals surface area contributed by atoms with Crippen molar-refractivity contribution in [2.45, 2.75) is 24.9 Å². The smallest absolute Gasteiger partial charge is 0.180 e. The van der Waals surface area contributed by atoms with E-state index >= 15 is 0 Å². The molecule has 2 heterocycles. The lowest BCUT2D eigenvalue weighted by atomic mass is 9.64. The number of rotatable bonds is 3. The van der Waals surface area contributed by atoms with Crippen LogP contribution in [0.4, 0.5) is 5.69 Å². The number of Topliss-reactive ketones (excluding diaryl/α,β-unsaturated/α-hetero) is 3. The molecule has 0 radical (unpaired) electrons. The zero-order valence-corrected chi connectivity index (χ0v) is 20.0. The van der Waals surface area contributed by atoms with E-state index < -0.39 is 23.4 Å². The number of ketones is 3. The summed E-state index contributed by atoms with van der Waals surface area (Å²) in [6.45, 7) is 1.53. The molecule has 0 aromatic heterocycles. The Morgan fingerprint density at radius 3 is 2.34 bits per heavy atom. The van der Waals surface area contributed by atoms with Gasteiger partial charge in [0, 0.05) is 27.8 Å². The average Bonchev–Trinajstić information content (AvgIpc) is 3.30. The predicted octanol–water partition coefficient (Wildman–Crippen LogP) is 5.37. The molecule has 6 heteroatoms. The van der Waals surface area contributed by atoms with Gasteiger partial charge in [-0.1, -0.05) is 60.2 Å². The summed E-state index contributed by atoms with van der Waals surface area (Å²) in [6, 6.07) is 18.4. The first-order valence-corrected chi connectivity index (χ1v) is 11.9. The maximum absolute atomic E-state index is 14.3. The van der Waals surface area contributed by atoms with Gasteiger partial charge in [0.25, 0.3) is 0 Å². The number of methoxy groups -OCH3 is 1. The SMILES string of the molecule is COc1cccc([C@@H]2[C@@H](C(C)=O)N3c4ccc(Cl)cc4C=C[C@@H]3C23C(=O)c2ccccc2C3=O)c1. The van der Waals surface area contributed by atoms with Crippen molar-refractivity contribution in [1.82, 2.24) is 0 Å². The molecule has 0 amide bonds. The molecule has 3 aromatic carbocycles. The second-order valence-electron chi connectivity index (χ2n) is 9.30. The topological polar surface area (TPSA) is 63.7 Å². The van der Waals surface area contributed by atoms with Gasteiger partial charge in [0.2, 0.25) is 0 Å². The highest BCUT2D eigenvalue weighted by Gasteiger charge is 2.71.